The van der Waals surface area contributed by atoms with E-state index in [2.05, 4.69) is 166 Å². The van der Waals surface area contributed by atoms with Crippen LogP contribution >= 0.6 is 22.7 Å². The number of aromatic nitrogens is 2. The van der Waals surface area contributed by atoms with Gasteiger partial charge in [-0.1, -0.05) is 83.1 Å². The Kier molecular flexibility index (Phi) is 6.96. The molecular weight excluding hydrogens is 669 g/mol. The van der Waals surface area contributed by atoms with Crippen molar-refractivity contribution in [1.82, 2.24) is 9.97 Å². The maximum absolute atomic E-state index is 4.06. The van der Waals surface area contributed by atoms with E-state index >= 15 is 0 Å². The molecule has 52 heavy (non-hydrogen) atoms. The average molecular weight is 719 g/mol. The zero-order chi connectivity index (χ0) is 36.9. The molecule has 5 heterocycles. The second kappa shape index (κ2) is 10.7. The van der Waals surface area contributed by atoms with Crippen LogP contribution in [0.15, 0.2) is 72.8 Å². The molecule has 0 saturated heterocycles. The Labute approximate surface area is 314 Å². The zero-order valence-corrected chi connectivity index (χ0v) is 34.4. The quantitative estimate of drug-likeness (QED) is 0.156. The SMILES string of the molecule is CC(C)(C)c1cc2c3ccc(s3)c3cc(C(C)(C)C)cc4c5cc(C(C)(C)C)cc(c6ccc(s6)c6cc(C(C)(C)C)cc7c(c1)c2[nH]c67)c5[nH]c34. The molecule has 0 amide bonds. The predicted molar refractivity (Wildman–Crippen MR) is 235 cm³/mol. The summed E-state index contributed by atoms with van der Waals surface area (Å²) in [4.78, 5) is 8.12. The van der Waals surface area contributed by atoms with E-state index in [0.717, 1.165) is 0 Å². The first-order valence-electron chi connectivity index (χ1n) is 18.8. The summed E-state index contributed by atoms with van der Waals surface area (Å²) >= 11 is 3.83. The van der Waals surface area contributed by atoms with E-state index in [1.165, 1.54) is 106 Å². The van der Waals surface area contributed by atoms with Gasteiger partial charge in [-0.2, -0.15) is 0 Å². The van der Waals surface area contributed by atoms with Crippen LogP contribution in [-0.4, -0.2) is 9.97 Å². The van der Waals surface area contributed by atoms with Gasteiger partial charge in [0.05, 0.1) is 22.1 Å². The fourth-order valence-electron chi connectivity index (χ4n) is 7.97. The van der Waals surface area contributed by atoms with Crippen molar-refractivity contribution in [3.05, 3.63) is 95.1 Å². The lowest BCUT2D eigenvalue weighted by Crippen LogP contribution is -2.11. The number of thiophene rings is 2. The lowest BCUT2D eigenvalue weighted by atomic mass is 9.84. The van der Waals surface area contributed by atoms with Gasteiger partial charge in [-0.05, 0) is 117 Å². The van der Waals surface area contributed by atoms with E-state index in [1.54, 1.807) is 0 Å². The van der Waals surface area contributed by atoms with Gasteiger partial charge >= 0.3 is 0 Å². The minimum atomic E-state index is -0.00132. The molecule has 0 aliphatic rings. The van der Waals surface area contributed by atoms with Gasteiger partial charge in [-0.15, -0.1) is 22.7 Å². The lowest BCUT2D eigenvalue weighted by molar-refractivity contribution is 0.591. The smallest absolute Gasteiger partial charge is 0.0553 e. The zero-order valence-electron chi connectivity index (χ0n) is 32.7. The highest BCUT2D eigenvalue weighted by Gasteiger charge is 2.24. The van der Waals surface area contributed by atoms with Crippen molar-refractivity contribution in [1.29, 1.82) is 0 Å². The van der Waals surface area contributed by atoms with Crippen molar-refractivity contribution < 1.29 is 0 Å². The standard InChI is InChI=1S/C48H50N2S2/c1-45(2,3)25-17-29-30-18-26(46(4,5)6)22-34-39-15-16-40(52-39)36-24-28(48(10,11)12)20-32-31-19-27(47(7,8)9)23-35(43(31)50-44(32)36)38-14-13-37(51-38)33(21-25)41(29)49-42(30)34/h13-24,49-50H,1-12H3. The maximum atomic E-state index is 4.06. The second-order valence-electron chi connectivity index (χ2n) is 19.4. The van der Waals surface area contributed by atoms with Gasteiger partial charge in [-0.3, -0.25) is 0 Å². The van der Waals surface area contributed by atoms with Crippen LogP contribution in [-0.2, 0) is 21.7 Å². The highest BCUT2D eigenvalue weighted by Crippen LogP contribution is 2.45. The van der Waals surface area contributed by atoms with Crippen LogP contribution in [0.4, 0.5) is 0 Å². The number of nitrogens with one attached hydrogen (secondary N) is 2. The number of aromatic amines is 2. The molecule has 0 aliphatic carbocycles. The number of hydrogen-bond donors (Lipinski definition) is 2. The summed E-state index contributed by atoms with van der Waals surface area (Å²) in [5.41, 5.74) is 10.3. The van der Waals surface area contributed by atoms with E-state index in [4.69, 9.17) is 0 Å². The predicted octanol–water partition coefficient (Wildman–Crippen LogP) is 15.4. The first-order valence-corrected chi connectivity index (χ1v) is 20.4. The van der Waals surface area contributed by atoms with E-state index in [9.17, 15) is 0 Å². The Hall–Kier alpha value is -4.12. The molecule has 0 aliphatic heterocycles. The second-order valence-corrected chi connectivity index (χ2v) is 21.5. The van der Waals surface area contributed by atoms with Crippen LogP contribution in [0.3, 0.4) is 0 Å². The normalized spacial score (nSPS) is 13.8. The molecule has 264 valence electrons. The molecule has 9 rings (SSSR count). The number of rotatable bonds is 0. The third kappa shape index (κ3) is 5.16. The van der Waals surface area contributed by atoms with Crippen molar-refractivity contribution in [3.63, 3.8) is 0 Å². The Morgan fingerprint density at radius 2 is 0.500 bits per heavy atom. The molecule has 0 radical (unpaired) electrons. The number of fused-ring (bicyclic) bond motifs is 10. The summed E-state index contributed by atoms with van der Waals surface area (Å²) in [6, 6.07) is 29.1. The molecule has 4 aromatic carbocycles. The Bertz CT molecular complexity index is 2580. The largest absolute Gasteiger partial charge is 0.353 e. The molecule has 5 aromatic heterocycles. The summed E-state index contributed by atoms with van der Waals surface area (Å²) in [5.74, 6) is 0. The average Bonchev–Trinajstić information content (AvgIpc) is 3.85. The van der Waals surface area contributed by atoms with Gasteiger partial charge in [0, 0.05) is 61.9 Å². The van der Waals surface area contributed by atoms with Crippen molar-refractivity contribution in [2.45, 2.75) is 105 Å². The Morgan fingerprint density at radius 3 is 0.692 bits per heavy atom. The van der Waals surface area contributed by atoms with Crippen molar-refractivity contribution in [2.75, 3.05) is 0 Å². The van der Waals surface area contributed by atoms with Crippen LogP contribution in [0.2, 0.25) is 0 Å². The van der Waals surface area contributed by atoms with Crippen LogP contribution in [0.25, 0.3) is 84.0 Å². The molecule has 0 atom stereocenters. The van der Waals surface area contributed by atoms with Crippen LogP contribution in [0.1, 0.15) is 105 Å². The molecule has 2 N–H and O–H groups in total. The number of H-pyrrole nitrogens is 2. The Morgan fingerprint density at radius 1 is 0.308 bits per heavy atom. The van der Waals surface area contributed by atoms with E-state index in [0.29, 0.717) is 0 Å². The first kappa shape index (κ1) is 33.7. The summed E-state index contributed by atoms with van der Waals surface area (Å²) < 4.78 is 5.17. The van der Waals surface area contributed by atoms with E-state index in [-0.39, 0.29) is 21.7 Å². The van der Waals surface area contributed by atoms with Gasteiger partial charge in [0.25, 0.3) is 0 Å². The number of benzene rings is 4. The molecule has 8 bridgehead atoms. The van der Waals surface area contributed by atoms with Crippen molar-refractivity contribution >= 4 is 107 Å². The third-order valence-corrected chi connectivity index (χ3v) is 13.7. The molecule has 4 heteroatoms. The van der Waals surface area contributed by atoms with Gasteiger partial charge in [0.2, 0.25) is 0 Å². The minimum Gasteiger partial charge on any atom is -0.353 e. The number of hydrogen-bond acceptors (Lipinski definition) is 2. The molecule has 0 saturated carbocycles. The highest BCUT2D eigenvalue weighted by molar-refractivity contribution is 7.25. The van der Waals surface area contributed by atoms with Gasteiger partial charge in [0.15, 0.2) is 0 Å². The van der Waals surface area contributed by atoms with Gasteiger partial charge in [0.1, 0.15) is 0 Å². The van der Waals surface area contributed by atoms with Crippen molar-refractivity contribution in [2.24, 2.45) is 0 Å². The fraction of sp³-hybridized carbons (Fsp3) is 0.333. The van der Waals surface area contributed by atoms with E-state index < -0.39 is 0 Å². The monoisotopic (exact) mass is 718 g/mol. The van der Waals surface area contributed by atoms with Gasteiger partial charge in [-0.25, -0.2) is 0 Å². The third-order valence-electron chi connectivity index (χ3n) is 11.4. The van der Waals surface area contributed by atoms with Crippen LogP contribution < -0.4 is 0 Å². The topological polar surface area (TPSA) is 31.6 Å². The molecular formula is C48H50N2S2. The maximum Gasteiger partial charge on any atom is 0.0553 e. The lowest BCUT2D eigenvalue weighted by Gasteiger charge is -2.21. The fourth-order valence-corrected chi connectivity index (χ4v) is 10.1. The molecule has 0 fully saturated rings. The molecule has 0 unspecified atom stereocenters. The van der Waals surface area contributed by atoms with E-state index in [1.807, 2.05) is 22.7 Å². The van der Waals surface area contributed by atoms with Gasteiger partial charge < -0.3 is 9.97 Å². The molecule has 0 spiro atoms. The first-order chi connectivity index (χ1) is 24.3. The minimum absolute atomic E-state index is 0.00132. The van der Waals surface area contributed by atoms with Crippen LogP contribution in [0, 0.1) is 0 Å². The highest BCUT2D eigenvalue weighted by atomic mass is 32.1. The van der Waals surface area contributed by atoms with Crippen LogP contribution in [0.5, 0.6) is 0 Å². The Balaban J connectivity index is 1.61. The molecule has 9 aromatic rings. The molecule has 2 nitrogen and oxygen atoms in total. The summed E-state index contributed by atoms with van der Waals surface area (Å²) in [7, 11) is 0. The summed E-state index contributed by atoms with van der Waals surface area (Å²) in [6.07, 6.45) is 0. The summed E-state index contributed by atoms with van der Waals surface area (Å²) in [6.45, 7) is 28.1. The summed E-state index contributed by atoms with van der Waals surface area (Å²) in [5, 5.41) is 10.4. The van der Waals surface area contributed by atoms with Crippen molar-refractivity contribution in [3.8, 4) is 0 Å².